The van der Waals surface area contributed by atoms with Gasteiger partial charge < -0.3 is 5.32 Å². The number of urea groups is 1. The average molecular weight is 497 g/mol. The summed E-state index contributed by atoms with van der Waals surface area (Å²) in [6.45, 7) is 3.97. The molecule has 7 nitrogen and oxygen atoms in total. The van der Waals surface area contributed by atoms with Gasteiger partial charge in [-0.15, -0.1) is 12.4 Å². The van der Waals surface area contributed by atoms with E-state index in [1.54, 1.807) is 6.20 Å². The summed E-state index contributed by atoms with van der Waals surface area (Å²) in [5.74, 6) is 1.47. The third-order valence-electron chi connectivity index (χ3n) is 6.10. The predicted octanol–water partition coefficient (Wildman–Crippen LogP) is 5.92. The lowest BCUT2D eigenvalue weighted by molar-refractivity contribution is 0.262. The highest BCUT2D eigenvalue weighted by Gasteiger charge is 2.25. The fourth-order valence-electron chi connectivity index (χ4n) is 4.40. The van der Waals surface area contributed by atoms with Crippen molar-refractivity contribution in [1.82, 2.24) is 20.1 Å². The molecule has 2 aromatic heterocycles. The lowest BCUT2D eigenvalue weighted by Crippen LogP contribution is -2.27. The Morgan fingerprint density at radius 1 is 1.03 bits per heavy atom. The minimum atomic E-state index is -0.382. The quantitative estimate of drug-likeness (QED) is 0.327. The SMILES string of the molecule is Cc1c(C2CCNCC2)nn(-c2ccccc2)c1NC(=O)Nc1ncc(Cl)c2ccccc12.Cl. The Hall–Kier alpha value is -3.13. The van der Waals surface area contributed by atoms with Crippen molar-refractivity contribution in [2.75, 3.05) is 23.7 Å². The molecule has 1 fully saturated rings. The first-order chi connectivity index (χ1) is 16.1. The molecule has 2 aromatic carbocycles. The minimum absolute atomic E-state index is 0. The van der Waals surface area contributed by atoms with Gasteiger partial charge in [0.15, 0.2) is 0 Å². The summed E-state index contributed by atoms with van der Waals surface area (Å²) < 4.78 is 1.82. The molecule has 3 heterocycles. The number of benzene rings is 2. The van der Waals surface area contributed by atoms with E-state index in [2.05, 4.69) is 20.9 Å². The Labute approximate surface area is 209 Å². The Bertz CT molecular complexity index is 1300. The number of anilines is 2. The van der Waals surface area contributed by atoms with E-state index in [-0.39, 0.29) is 18.4 Å². The van der Waals surface area contributed by atoms with Crippen LogP contribution in [-0.4, -0.2) is 33.9 Å². The molecule has 9 heteroatoms. The largest absolute Gasteiger partial charge is 0.326 e. The van der Waals surface area contributed by atoms with Gasteiger partial charge in [-0.25, -0.2) is 14.5 Å². The van der Waals surface area contributed by atoms with E-state index in [1.165, 1.54) is 0 Å². The first-order valence-electron chi connectivity index (χ1n) is 11.1. The number of para-hydroxylation sites is 1. The van der Waals surface area contributed by atoms with Crippen LogP contribution in [0.1, 0.15) is 30.0 Å². The number of fused-ring (bicyclic) bond motifs is 1. The van der Waals surface area contributed by atoms with E-state index in [0.717, 1.165) is 53.6 Å². The molecule has 1 aliphatic heterocycles. The fraction of sp³-hybridized carbons (Fsp3) is 0.240. The topological polar surface area (TPSA) is 83.9 Å². The van der Waals surface area contributed by atoms with Gasteiger partial charge in [-0.1, -0.05) is 54.1 Å². The van der Waals surface area contributed by atoms with Gasteiger partial charge in [0.05, 0.1) is 16.4 Å². The molecule has 5 rings (SSSR count). The summed E-state index contributed by atoms with van der Waals surface area (Å²) >= 11 is 6.27. The van der Waals surface area contributed by atoms with Crippen LogP contribution in [0.15, 0.2) is 60.8 Å². The van der Waals surface area contributed by atoms with Crippen molar-refractivity contribution in [3.05, 3.63) is 77.1 Å². The Kier molecular flexibility index (Phi) is 7.36. The van der Waals surface area contributed by atoms with Crippen LogP contribution in [0.3, 0.4) is 0 Å². The number of amides is 2. The first kappa shape index (κ1) is 24.0. The zero-order valence-corrected chi connectivity index (χ0v) is 20.3. The molecule has 0 radical (unpaired) electrons. The number of rotatable bonds is 4. The van der Waals surface area contributed by atoms with Gasteiger partial charge in [0.1, 0.15) is 11.6 Å². The fourth-order valence-corrected chi connectivity index (χ4v) is 4.62. The van der Waals surface area contributed by atoms with Gasteiger partial charge in [-0.2, -0.15) is 5.10 Å². The second-order valence-electron chi connectivity index (χ2n) is 8.21. The highest BCUT2D eigenvalue weighted by atomic mass is 35.5. The second kappa shape index (κ2) is 10.4. The molecular formula is C25H26Cl2N6O. The van der Waals surface area contributed by atoms with E-state index in [0.29, 0.717) is 22.6 Å². The van der Waals surface area contributed by atoms with Gasteiger partial charge in [0.25, 0.3) is 0 Å². The number of carbonyl (C=O) groups excluding carboxylic acids is 1. The van der Waals surface area contributed by atoms with Gasteiger partial charge in [-0.3, -0.25) is 10.6 Å². The smallest absolute Gasteiger partial charge is 0.317 e. The van der Waals surface area contributed by atoms with Crippen molar-refractivity contribution >= 4 is 52.4 Å². The highest BCUT2D eigenvalue weighted by molar-refractivity contribution is 6.35. The molecular weight excluding hydrogens is 471 g/mol. The van der Waals surface area contributed by atoms with Crippen LogP contribution >= 0.6 is 24.0 Å². The Morgan fingerprint density at radius 2 is 1.71 bits per heavy atom. The number of hydrogen-bond donors (Lipinski definition) is 3. The maximum absolute atomic E-state index is 13.1. The monoisotopic (exact) mass is 496 g/mol. The molecule has 1 saturated heterocycles. The van der Waals surface area contributed by atoms with Gasteiger partial charge in [-0.05, 0) is 45.0 Å². The third kappa shape index (κ3) is 4.73. The minimum Gasteiger partial charge on any atom is -0.317 e. The molecule has 0 spiro atoms. The number of pyridine rings is 1. The van der Waals surface area contributed by atoms with E-state index in [9.17, 15) is 4.79 Å². The van der Waals surface area contributed by atoms with Crippen molar-refractivity contribution in [2.45, 2.75) is 25.7 Å². The Balaban J connectivity index is 0.00000274. The van der Waals surface area contributed by atoms with Crippen LogP contribution in [0, 0.1) is 6.92 Å². The lowest BCUT2D eigenvalue weighted by atomic mass is 9.92. The molecule has 0 bridgehead atoms. The summed E-state index contributed by atoms with van der Waals surface area (Å²) in [5, 5.41) is 16.4. The molecule has 2 amide bonds. The molecule has 1 aliphatic rings. The maximum Gasteiger partial charge on any atom is 0.326 e. The first-order valence-corrected chi connectivity index (χ1v) is 11.5. The normalized spacial score (nSPS) is 13.9. The van der Waals surface area contributed by atoms with E-state index in [4.69, 9.17) is 16.7 Å². The van der Waals surface area contributed by atoms with Crippen molar-refractivity contribution in [1.29, 1.82) is 0 Å². The molecule has 0 saturated carbocycles. The predicted molar refractivity (Wildman–Crippen MR) is 140 cm³/mol. The van der Waals surface area contributed by atoms with Crippen LogP contribution in [0.5, 0.6) is 0 Å². The summed E-state index contributed by atoms with van der Waals surface area (Å²) in [6, 6.07) is 17.1. The number of aromatic nitrogens is 3. The van der Waals surface area contributed by atoms with Crippen LogP contribution in [0.4, 0.5) is 16.4 Å². The molecule has 4 aromatic rings. The van der Waals surface area contributed by atoms with Crippen molar-refractivity contribution in [3.8, 4) is 5.69 Å². The average Bonchev–Trinajstić information content (AvgIpc) is 3.18. The van der Waals surface area contributed by atoms with Gasteiger partial charge in [0.2, 0.25) is 0 Å². The number of nitrogens with one attached hydrogen (secondary N) is 3. The molecule has 0 aliphatic carbocycles. The summed E-state index contributed by atoms with van der Waals surface area (Å²) in [6.07, 6.45) is 3.60. The van der Waals surface area contributed by atoms with E-state index >= 15 is 0 Å². The number of piperidine rings is 1. The highest BCUT2D eigenvalue weighted by Crippen LogP contribution is 2.33. The second-order valence-corrected chi connectivity index (χ2v) is 8.62. The summed E-state index contributed by atoms with van der Waals surface area (Å²) in [7, 11) is 0. The molecule has 3 N–H and O–H groups in total. The summed E-state index contributed by atoms with van der Waals surface area (Å²) in [4.78, 5) is 17.4. The van der Waals surface area contributed by atoms with Gasteiger partial charge in [0, 0.05) is 28.5 Å². The Morgan fingerprint density at radius 3 is 2.44 bits per heavy atom. The third-order valence-corrected chi connectivity index (χ3v) is 6.40. The van der Waals surface area contributed by atoms with E-state index in [1.807, 2.05) is 66.2 Å². The van der Waals surface area contributed by atoms with Crippen molar-refractivity contribution in [3.63, 3.8) is 0 Å². The molecule has 0 unspecified atom stereocenters. The van der Waals surface area contributed by atoms with Crippen LogP contribution < -0.4 is 16.0 Å². The zero-order valence-electron chi connectivity index (χ0n) is 18.7. The van der Waals surface area contributed by atoms with Crippen LogP contribution in [0.2, 0.25) is 5.02 Å². The van der Waals surface area contributed by atoms with Crippen LogP contribution in [-0.2, 0) is 0 Å². The summed E-state index contributed by atoms with van der Waals surface area (Å²) in [5.41, 5.74) is 2.91. The molecule has 34 heavy (non-hydrogen) atoms. The molecule has 176 valence electrons. The van der Waals surface area contributed by atoms with Crippen molar-refractivity contribution < 1.29 is 4.79 Å². The van der Waals surface area contributed by atoms with Crippen molar-refractivity contribution in [2.24, 2.45) is 0 Å². The standard InChI is InChI=1S/C25H25ClN6O.ClH/c1-16-22(17-11-13-27-14-12-17)31-32(18-7-3-2-4-8-18)24(16)30-25(33)29-23-20-10-6-5-9-19(20)21(26)15-28-23;/h2-10,15,17,27H,11-14H2,1H3,(H2,28,29,30,33);1H. The zero-order chi connectivity index (χ0) is 22.8. The number of halogens is 2. The number of hydrogen-bond acceptors (Lipinski definition) is 4. The number of carbonyl (C=O) groups is 1. The number of nitrogens with zero attached hydrogens (tertiary/aromatic N) is 3. The van der Waals surface area contributed by atoms with Gasteiger partial charge >= 0.3 is 6.03 Å². The maximum atomic E-state index is 13.1. The lowest BCUT2D eigenvalue weighted by Gasteiger charge is -2.21. The van der Waals surface area contributed by atoms with E-state index < -0.39 is 0 Å². The van der Waals surface area contributed by atoms with Crippen LogP contribution in [0.25, 0.3) is 16.5 Å². The molecule has 0 atom stereocenters.